The molecular formula is C33H34F3N5O3S. The van der Waals surface area contributed by atoms with Gasteiger partial charge < -0.3 is 14.5 Å². The molecule has 45 heavy (non-hydrogen) atoms. The number of nitrogens with zero attached hydrogens (tertiary/aromatic N) is 5. The van der Waals surface area contributed by atoms with Crippen LogP contribution in [0.4, 0.5) is 13.2 Å². The normalized spacial score (nSPS) is 15.3. The molecule has 1 atom stereocenters. The second-order valence-electron chi connectivity index (χ2n) is 10.8. The third kappa shape index (κ3) is 7.67. The average Bonchev–Trinajstić information content (AvgIpc) is 3.48. The zero-order valence-electron chi connectivity index (χ0n) is 25.0. The number of thioether (sulfide) groups is 1. The Morgan fingerprint density at radius 3 is 2.40 bits per heavy atom. The number of rotatable bonds is 10. The monoisotopic (exact) mass is 637 g/mol. The molecule has 5 rings (SSSR count). The lowest BCUT2D eigenvalue weighted by Gasteiger charge is -2.40. The van der Waals surface area contributed by atoms with E-state index in [2.05, 4.69) is 10.2 Å². The highest BCUT2D eigenvalue weighted by molar-refractivity contribution is 7.99. The van der Waals surface area contributed by atoms with Crippen molar-refractivity contribution in [1.29, 1.82) is 0 Å². The van der Waals surface area contributed by atoms with Crippen LogP contribution < -0.4 is 4.74 Å². The van der Waals surface area contributed by atoms with Gasteiger partial charge in [0.15, 0.2) is 11.0 Å². The summed E-state index contributed by atoms with van der Waals surface area (Å²) in [6.45, 7) is 2.76. The molecule has 3 aromatic carbocycles. The standard InChI is InChI=1S/C33H34F3N5O3S/c1-23-22-39(18-19-40(23)31(43)25-11-8-12-26(21-25)33(34,35)36)29(42)13-6-7-20-45-32-38-37-30(24-9-4-3-5-10-24)41(32)27-14-16-28(44-2)17-15-27/h3-5,8-12,14-17,21,23H,6-7,13,18-20,22H2,1-2H3. The minimum atomic E-state index is -4.52. The maximum Gasteiger partial charge on any atom is 0.416 e. The van der Waals surface area contributed by atoms with Crippen molar-refractivity contribution in [2.45, 2.75) is 43.6 Å². The number of hydrogen-bond donors (Lipinski definition) is 0. The maximum atomic E-state index is 13.1. The Morgan fingerprint density at radius 1 is 0.956 bits per heavy atom. The summed E-state index contributed by atoms with van der Waals surface area (Å²) < 4.78 is 46.7. The lowest BCUT2D eigenvalue weighted by molar-refractivity contribution is -0.137. The first-order chi connectivity index (χ1) is 21.7. The van der Waals surface area contributed by atoms with E-state index in [0.29, 0.717) is 25.9 Å². The van der Waals surface area contributed by atoms with Crippen molar-refractivity contribution in [1.82, 2.24) is 24.6 Å². The van der Waals surface area contributed by atoms with Gasteiger partial charge in [0, 0.05) is 54.7 Å². The summed E-state index contributed by atoms with van der Waals surface area (Å²) in [5.74, 6) is 1.77. The highest BCUT2D eigenvalue weighted by Gasteiger charge is 2.33. The molecule has 0 bridgehead atoms. The fraction of sp³-hybridized carbons (Fsp3) is 0.333. The quantitative estimate of drug-likeness (QED) is 0.144. The van der Waals surface area contributed by atoms with E-state index in [-0.39, 0.29) is 24.1 Å². The van der Waals surface area contributed by atoms with Crippen molar-refractivity contribution in [3.8, 4) is 22.8 Å². The smallest absolute Gasteiger partial charge is 0.416 e. The van der Waals surface area contributed by atoms with Gasteiger partial charge in [0.2, 0.25) is 5.91 Å². The first-order valence-electron chi connectivity index (χ1n) is 14.7. The van der Waals surface area contributed by atoms with Gasteiger partial charge in [0.25, 0.3) is 5.91 Å². The minimum Gasteiger partial charge on any atom is -0.497 e. The van der Waals surface area contributed by atoms with E-state index in [1.807, 2.05) is 66.1 Å². The molecule has 0 spiro atoms. The van der Waals surface area contributed by atoms with Gasteiger partial charge in [-0.2, -0.15) is 13.2 Å². The second kappa shape index (κ2) is 14.2. The number of carbonyl (C=O) groups excluding carboxylic acids is 2. The summed E-state index contributed by atoms with van der Waals surface area (Å²) in [5, 5.41) is 9.69. The number of hydrogen-bond acceptors (Lipinski definition) is 6. The van der Waals surface area contributed by atoms with Gasteiger partial charge >= 0.3 is 6.18 Å². The van der Waals surface area contributed by atoms with Gasteiger partial charge in [-0.15, -0.1) is 10.2 Å². The third-order valence-corrected chi connectivity index (χ3v) is 8.71. The predicted octanol–water partition coefficient (Wildman–Crippen LogP) is 6.60. The molecule has 12 heteroatoms. The van der Waals surface area contributed by atoms with Crippen LogP contribution in [0.1, 0.15) is 42.1 Å². The Kier molecular flexibility index (Phi) is 10.1. The molecule has 0 radical (unpaired) electrons. The summed E-state index contributed by atoms with van der Waals surface area (Å²) in [6, 6.07) is 21.7. The number of ether oxygens (including phenoxy) is 1. The van der Waals surface area contributed by atoms with Crippen LogP contribution in [0.3, 0.4) is 0 Å². The van der Waals surface area contributed by atoms with Gasteiger partial charge in [-0.25, -0.2) is 0 Å². The molecule has 1 unspecified atom stereocenters. The summed E-state index contributed by atoms with van der Waals surface area (Å²) in [7, 11) is 1.63. The molecule has 2 amide bonds. The lowest BCUT2D eigenvalue weighted by atomic mass is 10.1. The van der Waals surface area contributed by atoms with Crippen molar-refractivity contribution in [3.63, 3.8) is 0 Å². The number of halogens is 3. The number of unbranched alkanes of at least 4 members (excludes halogenated alkanes) is 1. The number of amides is 2. The average molecular weight is 638 g/mol. The van der Waals surface area contributed by atoms with E-state index in [9.17, 15) is 22.8 Å². The number of alkyl halides is 3. The first kappa shape index (κ1) is 32.1. The van der Waals surface area contributed by atoms with Crippen LogP contribution in [0, 0.1) is 0 Å². The highest BCUT2D eigenvalue weighted by atomic mass is 32.2. The van der Waals surface area contributed by atoms with Gasteiger partial charge in [-0.05, 0) is 62.2 Å². The predicted molar refractivity (Wildman–Crippen MR) is 166 cm³/mol. The van der Waals surface area contributed by atoms with Gasteiger partial charge in [-0.3, -0.25) is 14.2 Å². The molecule has 1 saturated heterocycles. The van der Waals surface area contributed by atoms with Crippen LogP contribution in [0.15, 0.2) is 84.0 Å². The molecule has 0 N–H and O–H groups in total. The SMILES string of the molecule is COc1ccc(-n2c(SCCCCC(=O)N3CCN(C(=O)c4cccc(C(F)(F)F)c4)C(C)C3)nnc2-c2ccccc2)cc1. The molecule has 236 valence electrons. The molecule has 0 saturated carbocycles. The molecule has 1 aliphatic heterocycles. The molecule has 1 aliphatic rings. The van der Waals surface area contributed by atoms with E-state index < -0.39 is 17.6 Å². The second-order valence-corrected chi connectivity index (χ2v) is 11.8. The van der Waals surface area contributed by atoms with E-state index in [1.165, 1.54) is 12.1 Å². The largest absolute Gasteiger partial charge is 0.497 e. The summed E-state index contributed by atoms with van der Waals surface area (Å²) in [4.78, 5) is 29.2. The van der Waals surface area contributed by atoms with E-state index in [0.717, 1.165) is 52.3 Å². The molecule has 1 aromatic heterocycles. The van der Waals surface area contributed by atoms with E-state index >= 15 is 0 Å². The van der Waals surface area contributed by atoms with Crippen molar-refractivity contribution in [2.75, 3.05) is 32.5 Å². The third-order valence-electron chi connectivity index (χ3n) is 7.69. The highest BCUT2D eigenvalue weighted by Crippen LogP contribution is 2.31. The number of methoxy groups -OCH3 is 1. The van der Waals surface area contributed by atoms with Crippen LogP contribution in [0.2, 0.25) is 0 Å². The summed E-state index contributed by atoms with van der Waals surface area (Å²) in [6.07, 6.45) is -2.68. The number of carbonyl (C=O) groups is 2. The molecule has 1 fully saturated rings. The molecule has 4 aromatic rings. The number of piperazine rings is 1. The van der Waals surface area contributed by atoms with Gasteiger partial charge in [-0.1, -0.05) is 48.2 Å². The van der Waals surface area contributed by atoms with E-state index in [1.54, 1.807) is 28.7 Å². The fourth-order valence-corrected chi connectivity index (χ4v) is 6.23. The molecule has 0 aliphatic carbocycles. The minimum absolute atomic E-state index is 0.00535. The Hall–Kier alpha value is -4.32. The lowest BCUT2D eigenvalue weighted by Crippen LogP contribution is -2.55. The molecular weight excluding hydrogens is 603 g/mol. The van der Waals surface area contributed by atoms with Crippen molar-refractivity contribution in [2.24, 2.45) is 0 Å². The molecule has 2 heterocycles. The Bertz CT molecular complexity index is 1610. The van der Waals surface area contributed by atoms with E-state index in [4.69, 9.17) is 4.74 Å². The van der Waals surface area contributed by atoms with Crippen LogP contribution in [-0.4, -0.2) is 74.9 Å². The molecule has 8 nitrogen and oxygen atoms in total. The zero-order valence-corrected chi connectivity index (χ0v) is 25.9. The Morgan fingerprint density at radius 2 is 1.71 bits per heavy atom. The van der Waals surface area contributed by atoms with Crippen LogP contribution in [0.25, 0.3) is 17.1 Å². The Balaban J connectivity index is 1.13. The Labute approximate surface area is 264 Å². The zero-order chi connectivity index (χ0) is 32.0. The maximum absolute atomic E-state index is 13.1. The number of aromatic nitrogens is 3. The topological polar surface area (TPSA) is 80.6 Å². The van der Waals surface area contributed by atoms with Gasteiger partial charge in [0.1, 0.15) is 5.75 Å². The van der Waals surface area contributed by atoms with Crippen LogP contribution >= 0.6 is 11.8 Å². The van der Waals surface area contributed by atoms with Crippen molar-refractivity contribution < 1.29 is 27.5 Å². The summed E-state index contributed by atoms with van der Waals surface area (Å²) in [5.41, 5.74) is 1.000. The number of benzene rings is 3. The van der Waals surface area contributed by atoms with Crippen molar-refractivity contribution >= 4 is 23.6 Å². The first-order valence-corrected chi connectivity index (χ1v) is 15.7. The van der Waals surface area contributed by atoms with Crippen LogP contribution in [-0.2, 0) is 11.0 Å². The van der Waals surface area contributed by atoms with Crippen molar-refractivity contribution in [3.05, 3.63) is 90.0 Å². The van der Waals surface area contributed by atoms with Gasteiger partial charge in [0.05, 0.1) is 12.7 Å². The summed E-state index contributed by atoms with van der Waals surface area (Å²) >= 11 is 1.58. The fourth-order valence-electron chi connectivity index (χ4n) is 5.28. The van der Waals surface area contributed by atoms with Crippen LogP contribution in [0.5, 0.6) is 5.75 Å².